The Morgan fingerprint density at radius 3 is 2.07 bits per heavy atom. The van der Waals surface area contributed by atoms with Gasteiger partial charge >= 0.3 is 0 Å². The van der Waals surface area contributed by atoms with Gasteiger partial charge < -0.3 is 0 Å². The maximum absolute atomic E-state index is 4.18. The van der Waals surface area contributed by atoms with Gasteiger partial charge in [-0.2, -0.15) is 5.10 Å². The van der Waals surface area contributed by atoms with Crippen LogP contribution < -0.4 is 5.32 Å². The van der Waals surface area contributed by atoms with Crippen LogP contribution in [0.3, 0.4) is 0 Å². The molecule has 0 spiro atoms. The van der Waals surface area contributed by atoms with Crippen molar-refractivity contribution in [3.8, 4) is 16.8 Å². The zero-order chi connectivity index (χ0) is 18.2. The molecule has 5 rings (SSSR count). The lowest BCUT2D eigenvalue weighted by Crippen LogP contribution is -2.24. The third kappa shape index (κ3) is 2.75. The van der Waals surface area contributed by atoms with Crippen molar-refractivity contribution in [2.45, 2.75) is 19.0 Å². The number of hydrogen-bond donors (Lipinski definition) is 1. The van der Waals surface area contributed by atoms with Gasteiger partial charge in [-0.1, -0.05) is 60.7 Å². The van der Waals surface area contributed by atoms with Crippen molar-refractivity contribution in [1.29, 1.82) is 0 Å². The molecule has 0 unspecified atom stereocenters. The summed E-state index contributed by atoms with van der Waals surface area (Å²) in [5, 5.41) is 8.01. The zero-order valence-electron chi connectivity index (χ0n) is 15.1. The van der Waals surface area contributed by atoms with E-state index in [0.29, 0.717) is 0 Å². The molecule has 0 aliphatic heterocycles. The highest BCUT2D eigenvalue weighted by molar-refractivity contribution is 5.78. The molecule has 4 aromatic rings. The highest BCUT2D eigenvalue weighted by Crippen LogP contribution is 2.43. The van der Waals surface area contributed by atoms with Gasteiger partial charge in [-0.05, 0) is 46.9 Å². The minimum Gasteiger partial charge on any atom is -0.300 e. The van der Waals surface area contributed by atoms with Crippen molar-refractivity contribution in [1.82, 2.24) is 20.1 Å². The normalized spacial score (nSPS) is 14.0. The molecular formula is C23H20N4. The monoisotopic (exact) mass is 352 g/mol. The third-order valence-electron chi connectivity index (χ3n) is 5.33. The summed E-state index contributed by atoms with van der Waals surface area (Å²) in [6.45, 7) is 2.22. The van der Waals surface area contributed by atoms with Crippen molar-refractivity contribution in [2.24, 2.45) is 0 Å². The Bertz CT molecular complexity index is 1020. The van der Waals surface area contributed by atoms with E-state index in [1.54, 1.807) is 17.3 Å². The Morgan fingerprint density at radius 1 is 0.852 bits per heavy atom. The number of benzene rings is 3. The van der Waals surface area contributed by atoms with Crippen molar-refractivity contribution in [2.75, 3.05) is 0 Å². The lowest BCUT2D eigenvalue weighted by atomic mass is 10.0. The summed E-state index contributed by atoms with van der Waals surface area (Å²) in [5.41, 5.74) is 7.63. The minimum atomic E-state index is 0.211. The van der Waals surface area contributed by atoms with E-state index in [1.165, 1.54) is 27.8 Å². The molecule has 132 valence electrons. The standard InChI is InChI=1S/C23H20N4/c1-16(17-10-12-18(13-11-17)27-15-24-14-25-27)26-23-21-8-4-2-6-19(21)20-7-3-5-9-22(20)23/h2-16,23,26H,1H3/t16-/m1/s1. The third-order valence-corrected chi connectivity index (χ3v) is 5.33. The van der Waals surface area contributed by atoms with Gasteiger partial charge in [0.1, 0.15) is 12.7 Å². The first-order valence-electron chi connectivity index (χ1n) is 9.20. The van der Waals surface area contributed by atoms with Crippen LogP contribution in [0.15, 0.2) is 85.5 Å². The van der Waals surface area contributed by atoms with Crippen molar-refractivity contribution < 1.29 is 0 Å². The Kier molecular flexibility index (Phi) is 3.84. The summed E-state index contributed by atoms with van der Waals surface area (Å²) < 4.78 is 1.77. The first-order chi connectivity index (χ1) is 13.3. The molecule has 4 nitrogen and oxygen atoms in total. The lowest BCUT2D eigenvalue weighted by molar-refractivity contribution is 0.523. The first kappa shape index (κ1) is 16.0. The average Bonchev–Trinajstić information content (AvgIpc) is 3.36. The highest BCUT2D eigenvalue weighted by atomic mass is 15.3. The molecule has 0 bridgehead atoms. The van der Waals surface area contributed by atoms with E-state index in [0.717, 1.165) is 5.69 Å². The molecule has 1 heterocycles. The first-order valence-corrected chi connectivity index (χ1v) is 9.20. The second-order valence-corrected chi connectivity index (χ2v) is 6.93. The largest absolute Gasteiger partial charge is 0.300 e. The number of nitrogens with zero attached hydrogens (tertiary/aromatic N) is 3. The fraction of sp³-hybridized carbons (Fsp3) is 0.130. The summed E-state index contributed by atoms with van der Waals surface area (Å²) in [5.74, 6) is 0. The molecule has 4 heteroatoms. The van der Waals surface area contributed by atoms with Crippen molar-refractivity contribution in [3.05, 3.63) is 102 Å². The van der Waals surface area contributed by atoms with E-state index in [-0.39, 0.29) is 12.1 Å². The van der Waals surface area contributed by atoms with E-state index in [9.17, 15) is 0 Å². The number of fused-ring (bicyclic) bond motifs is 3. The van der Waals surface area contributed by atoms with Crippen LogP contribution in [0.2, 0.25) is 0 Å². The van der Waals surface area contributed by atoms with Crippen LogP contribution in [0, 0.1) is 0 Å². The van der Waals surface area contributed by atoms with E-state index >= 15 is 0 Å². The molecule has 0 fully saturated rings. The zero-order valence-corrected chi connectivity index (χ0v) is 15.1. The Hall–Kier alpha value is -3.24. The Labute approximate surface area is 158 Å². The fourth-order valence-electron chi connectivity index (χ4n) is 3.94. The van der Waals surface area contributed by atoms with Gasteiger partial charge in [0, 0.05) is 6.04 Å². The molecule has 0 radical (unpaired) electrons. The molecule has 1 aliphatic carbocycles. The van der Waals surface area contributed by atoms with E-state index < -0.39 is 0 Å². The molecule has 1 aromatic heterocycles. The predicted octanol–water partition coefficient (Wildman–Crippen LogP) is 4.69. The van der Waals surface area contributed by atoms with Gasteiger partial charge in [0.2, 0.25) is 0 Å². The molecule has 1 aliphatic rings. The van der Waals surface area contributed by atoms with Gasteiger partial charge in [0.15, 0.2) is 0 Å². The topological polar surface area (TPSA) is 42.7 Å². The highest BCUT2D eigenvalue weighted by Gasteiger charge is 2.28. The van der Waals surface area contributed by atoms with Gasteiger partial charge in [-0.15, -0.1) is 0 Å². The molecule has 27 heavy (non-hydrogen) atoms. The van der Waals surface area contributed by atoms with Crippen LogP contribution in [0.5, 0.6) is 0 Å². The van der Waals surface area contributed by atoms with E-state index in [1.807, 2.05) is 0 Å². The average molecular weight is 352 g/mol. The van der Waals surface area contributed by atoms with E-state index in [2.05, 4.69) is 95.1 Å². The van der Waals surface area contributed by atoms with Gasteiger partial charge in [0.25, 0.3) is 0 Å². The number of rotatable bonds is 4. The van der Waals surface area contributed by atoms with Gasteiger partial charge in [-0.3, -0.25) is 5.32 Å². The molecule has 0 saturated carbocycles. The fourth-order valence-corrected chi connectivity index (χ4v) is 3.94. The van der Waals surface area contributed by atoms with Crippen LogP contribution in [-0.4, -0.2) is 14.8 Å². The second kappa shape index (κ2) is 6.49. The molecule has 0 amide bonds. The second-order valence-electron chi connectivity index (χ2n) is 6.93. The van der Waals surface area contributed by atoms with Crippen LogP contribution in [-0.2, 0) is 0 Å². The SMILES string of the molecule is C[C@@H](NC1c2ccccc2-c2ccccc21)c1ccc(-n2cncn2)cc1. The van der Waals surface area contributed by atoms with Crippen LogP contribution in [0.4, 0.5) is 0 Å². The van der Waals surface area contributed by atoms with Crippen LogP contribution in [0.25, 0.3) is 16.8 Å². The lowest BCUT2D eigenvalue weighted by Gasteiger charge is -2.22. The van der Waals surface area contributed by atoms with Gasteiger partial charge in [0.05, 0.1) is 11.7 Å². The van der Waals surface area contributed by atoms with Crippen LogP contribution in [0.1, 0.15) is 35.7 Å². The summed E-state index contributed by atoms with van der Waals surface area (Å²) in [4.78, 5) is 4.01. The van der Waals surface area contributed by atoms with Crippen LogP contribution >= 0.6 is 0 Å². The quantitative estimate of drug-likeness (QED) is 0.579. The maximum Gasteiger partial charge on any atom is 0.138 e. The summed E-state index contributed by atoms with van der Waals surface area (Å²) in [7, 11) is 0. The van der Waals surface area contributed by atoms with E-state index in [4.69, 9.17) is 0 Å². The number of hydrogen-bond acceptors (Lipinski definition) is 3. The molecular weight excluding hydrogens is 332 g/mol. The number of nitrogens with one attached hydrogen (secondary N) is 1. The maximum atomic E-state index is 4.18. The molecule has 3 aromatic carbocycles. The summed E-state index contributed by atoms with van der Waals surface area (Å²) >= 11 is 0. The minimum absolute atomic E-state index is 0.211. The molecule has 1 atom stereocenters. The summed E-state index contributed by atoms with van der Waals surface area (Å²) in [6.07, 6.45) is 3.26. The molecule has 1 N–H and O–H groups in total. The van der Waals surface area contributed by atoms with Crippen molar-refractivity contribution in [3.63, 3.8) is 0 Å². The van der Waals surface area contributed by atoms with Crippen molar-refractivity contribution >= 4 is 0 Å². The van der Waals surface area contributed by atoms with Gasteiger partial charge in [-0.25, -0.2) is 9.67 Å². The predicted molar refractivity (Wildman–Crippen MR) is 107 cm³/mol. The Morgan fingerprint density at radius 2 is 1.48 bits per heavy atom. The Balaban J connectivity index is 1.43. The number of aromatic nitrogens is 3. The smallest absolute Gasteiger partial charge is 0.138 e. The molecule has 0 saturated heterocycles. The summed E-state index contributed by atoms with van der Waals surface area (Å²) in [6, 6.07) is 26.3.